The molecule has 1 saturated heterocycles. The van der Waals surface area contributed by atoms with Crippen LogP contribution >= 0.6 is 0 Å². The predicted molar refractivity (Wildman–Crippen MR) is 105 cm³/mol. The highest BCUT2D eigenvalue weighted by atomic mass is 16.2. The van der Waals surface area contributed by atoms with Crippen molar-refractivity contribution in [2.75, 3.05) is 24.5 Å². The predicted octanol–water partition coefficient (Wildman–Crippen LogP) is 1.77. The van der Waals surface area contributed by atoms with Crippen molar-refractivity contribution in [3.05, 3.63) is 41.7 Å². The number of anilines is 1. The Morgan fingerprint density at radius 1 is 1.21 bits per heavy atom. The van der Waals surface area contributed by atoms with E-state index in [4.69, 9.17) is 0 Å². The number of hydrogen-bond acceptors (Lipinski definition) is 5. The van der Waals surface area contributed by atoms with Gasteiger partial charge in [0, 0.05) is 44.0 Å². The van der Waals surface area contributed by atoms with Crippen molar-refractivity contribution in [2.45, 2.75) is 45.2 Å². The molecule has 2 aromatic rings. The average molecular weight is 382 g/mol. The normalized spacial score (nSPS) is 19.3. The summed E-state index contributed by atoms with van der Waals surface area (Å²) in [5.74, 6) is -0.186. The second kappa shape index (κ2) is 7.61. The minimum atomic E-state index is -0.571. The summed E-state index contributed by atoms with van der Waals surface area (Å²) in [4.78, 5) is 28.7. The van der Waals surface area contributed by atoms with E-state index in [-0.39, 0.29) is 18.0 Å². The summed E-state index contributed by atoms with van der Waals surface area (Å²) >= 11 is 0. The van der Waals surface area contributed by atoms with Crippen molar-refractivity contribution in [1.82, 2.24) is 25.2 Å². The molecule has 1 N–H and O–H groups in total. The topological polar surface area (TPSA) is 83.4 Å². The van der Waals surface area contributed by atoms with Crippen LogP contribution in [0.5, 0.6) is 0 Å². The molecule has 0 aliphatic carbocycles. The number of benzene rings is 1. The van der Waals surface area contributed by atoms with Crippen LogP contribution in [-0.4, -0.2) is 57.5 Å². The Hall–Kier alpha value is -2.90. The smallest absolute Gasteiger partial charge is 0.324 e. The van der Waals surface area contributed by atoms with E-state index in [9.17, 15) is 9.59 Å². The Bertz CT molecular complexity index is 877. The van der Waals surface area contributed by atoms with Gasteiger partial charge in [-0.3, -0.25) is 9.69 Å². The zero-order chi connectivity index (χ0) is 19.7. The lowest BCUT2D eigenvalue weighted by Crippen LogP contribution is -2.41. The van der Waals surface area contributed by atoms with E-state index in [1.807, 2.05) is 26.1 Å². The van der Waals surface area contributed by atoms with Gasteiger partial charge in [0.05, 0.1) is 5.69 Å². The van der Waals surface area contributed by atoms with Gasteiger partial charge >= 0.3 is 6.03 Å². The van der Waals surface area contributed by atoms with Gasteiger partial charge in [-0.25, -0.2) is 9.48 Å². The van der Waals surface area contributed by atoms with Gasteiger partial charge in [0.25, 0.3) is 5.91 Å². The molecule has 0 bridgehead atoms. The molecule has 0 spiro atoms. The number of aromatic nitrogens is 3. The third-order valence-corrected chi connectivity index (χ3v) is 5.41. The van der Waals surface area contributed by atoms with E-state index in [2.05, 4.69) is 38.7 Å². The Balaban J connectivity index is 1.38. The van der Waals surface area contributed by atoms with Gasteiger partial charge < -0.3 is 10.2 Å². The number of carbonyl (C=O) groups excluding carboxylic acids is 2. The number of para-hydroxylation sites is 1. The number of fused-ring (bicyclic) bond motifs is 1. The number of amides is 3. The van der Waals surface area contributed by atoms with E-state index in [0.29, 0.717) is 25.2 Å². The maximum atomic E-state index is 12.7. The molecule has 2 aliphatic heterocycles. The van der Waals surface area contributed by atoms with Crippen LogP contribution in [0.2, 0.25) is 0 Å². The standard InChI is InChI=1S/C20H26N6O2/c1-14(2)26-13-16(22-23-26)12-17-19(27)25(20(28)21-17)11-10-24-9-5-7-15-6-3-4-8-18(15)24/h3-4,6,8,13-14,17H,5,7,9-12H2,1-2H3,(H,21,28). The van der Waals surface area contributed by atoms with Gasteiger partial charge in [0.2, 0.25) is 0 Å². The summed E-state index contributed by atoms with van der Waals surface area (Å²) in [7, 11) is 0. The molecule has 1 unspecified atom stereocenters. The number of nitrogens with zero attached hydrogens (tertiary/aromatic N) is 5. The zero-order valence-electron chi connectivity index (χ0n) is 16.3. The Kier molecular flexibility index (Phi) is 5.02. The van der Waals surface area contributed by atoms with Gasteiger partial charge in [0.1, 0.15) is 6.04 Å². The number of nitrogens with one attached hydrogen (secondary N) is 1. The molecule has 8 heteroatoms. The minimum absolute atomic E-state index is 0.186. The molecule has 3 amide bonds. The third kappa shape index (κ3) is 3.58. The molecular weight excluding hydrogens is 356 g/mol. The number of carbonyl (C=O) groups is 2. The second-order valence-electron chi connectivity index (χ2n) is 7.70. The highest BCUT2D eigenvalue weighted by Crippen LogP contribution is 2.26. The minimum Gasteiger partial charge on any atom is -0.370 e. The summed E-state index contributed by atoms with van der Waals surface area (Å²) < 4.78 is 1.75. The second-order valence-corrected chi connectivity index (χ2v) is 7.70. The first-order valence-electron chi connectivity index (χ1n) is 9.88. The maximum Gasteiger partial charge on any atom is 0.324 e. The molecule has 1 aromatic heterocycles. The fraction of sp³-hybridized carbons (Fsp3) is 0.500. The van der Waals surface area contributed by atoms with Crippen LogP contribution in [-0.2, 0) is 17.6 Å². The summed E-state index contributed by atoms with van der Waals surface area (Å²) in [6.45, 7) is 6.01. The van der Waals surface area contributed by atoms with Crippen LogP contribution in [0.1, 0.15) is 37.6 Å². The van der Waals surface area contributed by atoms with Crippen LogP contribution in [0.3, 0.4) is 0 Å². The number of aryl methyl sites for hydroxylation is 1. The summed E-state index contributed by atoms with van der Waals surface area (Å²) in [6, 6.07) is 7.66. The van der Waals surface area contributed by atoms with Crippen LogP contribution in [0, 0.1) is 0 Å². The first-order valence-corrected chi connectivity index (χ1v) is 9.88. The van der Waals surface area contributed by atoms with Gasteiger partial charge in [-0.1, -0.05) is 23.4 Å². The molecule has 1 fully saturated rings. The number of hydrogen-bond donors (Lipinski definition) is 1. The van der Waals surface area contributed by atoms with E-state index < -0.39 is 6.04 Å². The number of imide groups is 1. The molecule has 0 radical (unpaired) electrons. The molecular formula is C20H26N6O2. The average Bonchev–Trinajstić information content (AvgIpc) is 3.26. The van der Waals surface area contributed by atoms with Crippen molar-refractivity contribution in [1.29, 1.82) is 0 Å². The van der Waals surface area contributed by atoms with Crippen LogP contribution in [0.15, 0.2) is 30.5 Å². The van der Waals surface area contributed by atoms with Crippen LogP contribution in [0.4, 0.5) is 10.5 Å². The molecule has 28 heavy (non-hydrogen) atoms. The Morgan fingerprint density at radius 3 is 2.82 bits per heavy atom. The first kappa shape index (κ1) is 18.5. The van der Waals surface area contributed by atoms with E-state index in [1.165, 1.54) is 16.2 Å². The highest BCUT2D eigenvalue weighted by molar-refractivity contribution is 6.04. The fourth-order valence-electron chi connectivity index (χ4n) is 3.86. The fourth-order valence-corrected chi connectivity index (χ4v) is 3.86. The zero-order valence-corrected chi connectivity index (χ0v) is 16.3. The maximum absolute atomic E-state index is 12.7. The quantitative estimate of drug-likeness (QED) is 0.770. The summed E-state index contributed by atoms with van der Waals surface area (Å²) in [5, 5.41) is 11.0. The van der Waals surface area contributed by atoms with Crippen molar-refractivity contribution in [3.63, 3.8) is 0 Å². The SMILES string of the molecule is CC(C)n1cc(CC2NC(=O)N(CCN3CCCc4ccccc43)C2=O)nn1. The van der Waals surface area contributed by atoms with Gasteiger partial charge in [-0.2, -0.15) is 0 Å². The van der Waals surface area contributed by atoms with E-state index >= 15 is 0 Å². The molecule has 148 valence electrons. The molecule has 0 saturated carbocycles. The molecule has 3 heterocycles. The van der Waals surface area contributed by atoms with Crippen molar-refractivity contribution in [3.8, 4) is 0 Å². The molecule has 4 rings (SSSR count). The van der Waals surface area contributed by atoms with Gasteiger partial charge in [0.15, 0.2) is 0 Å². The number of rotatable bonds is 6. The lowest BCUT2D eigenvalue weighted by atomic mass is 10.0. The summed E-state index contributed by atoms with van der Waals surface area (Å²) in [6.07, 6.45) is 4.36. The van der Waals surface area contributed by atoms with Crippen LogP contribution in [0.25, 0.3) is 0 Å². The van der Waals surface area contributed by atoms with Gasteiger partial charge in [-0.15, -0.1) is 5.10 Å². The Morgan fingerprint density at radius 2 is 2.04 bits per heavy atom. The monoisotopic (exact) mass is 382 g/mol. The Labute approximate surface area is 164 Å². The van der Waals surface area contributed by atoms with Crippen molar-refractivity contribution in [2.24, 2.45) is 0 Å². The van der Waals surface area contributed by atoms with E-state index in [0.717, 1.165) is 19.4 Å². The van der Waals surface area contributed by atoms with Crippen molar-refractivity contribution >= 4 is 17.6 Å². The molecule has 8 nitrogen and oxygen atoms in total. The molecule has 2 aliphatic rings. The van der Waals surface area contributed by atoms with Crippen LogP contribution < -0.4 is 10.2 Å². The number of urea groups is 1. The molecule has 1 atom stereocenters. The highest BCUT2D eigenvalue weighted by Gasteiger charge is 2.38. The first-order chi connectivity index (χ1) is 13.5. The summed E-state index contributed by atoms with van der Waals surface area (Å²) in [5.41, 5.74) is 3.25. The lowest BCUT2D eigenvalue weighted by molar-refractivity contribution is -0.127. The third-order valence-electron chi connectivity index (χ3n) is 5.41. The molecule has 1 aromatic carbocycles. The largest absolute Gasteiger partial charge is 0.370 e. The lowest BCUT2D eigenvalue weighted by Gasteiger charge is -2.32. The van der Waals surface area contributed by atoms with Crippen molar-refractivity contribution < 1.29 is 9.59 Å². The van der Waals surface area contributed by atoms with E-state index in [1.54, 1.807) is 4.68 Å². The van der Waals surface area contributed by atoms with Gasteiger partial charge in [-0.05, 0) is 38.3 Å².